The standard InChI is InChI=1S/C17H25N3/c1-3-11-18-12-14(2)20-16-9-10-17(19-13-16)15-7-5-4-6-8-15/h4-8,13-14,17-18H,3,9-12H2,1-2H3. The van der Waals surface area contributed by atoms with E-state index in [-0.39, 0.29) is 0 Å². The van der Waals surface area contributed by atoms with E-state index in [0.717, 1.165) is 31.6 Å². The number of hydrogen-bond donors (Lipinski definition) is 1. The third-order valence-electron chi connectivity index (χ3n) is 3.51. The predicted molar refractivity (Wildman–Crippen MR) is 87.0 cm³/mol. The van der Waals surface area contributed by atoms with Gasteiger partial charge in [0.25, 0.3) is 0 Å². The van der Waals surface area contributed by atoms with Gasteiger partial charge in [-0.1, -0.05) is 37.3 Å². The minimum atomic E-state index is 0.309. The number of benzene rings is 1. The number of nitrogens with one attached hydrogen (secondary N) is 1. The maximum Gasteiger partial charge on any atom is 0.0753 e. The summed E-state index contributed by atoms with van der Waals surface area (Å²) >= 11 is 0. The summed E-state index contributed by atoms with van der Waals surface area (Å²) in [5, 5.41) is 3.41. The van der Waals surface area contributed by atoms with E-state index in [9.17, 15) is 0 Å². The minimum absolute atomic E-state index is 0.309. The number of rotatable bonds is 6. The molecule has 0 saturated carbocycles. The first-order valence-corrected chi connectivity index (χ1v) is 7.65. The molecular weight excluding hydrogens is 246 g/mol. The zero-order valence-corrected chi connectivity index (χ0v) is 12.5. The third kappa shape index (κ3) is 4.57. The topological polar surface area (TPSA) is 36.8 Å². The minimum Gasteiger partial charge on any atom is -0.315 e. The maximum atomic E-state index is 4.74. The Morgan fingerprint density at radius 3 is 2.80 bits per heavy atom. The van der Waals surface area contributed by atoms with E-state index in [1.807, 2.05) is 12.3 Å². The molecule has 1 aliphatic heterocycles. The van der Waals surface area contributed by atoms with Crippen molar-refractivity contribution in [3.63, 3.8) is 0 Å². The van der Waals surface area contributed by atoms with E-state index in [1.165, 1.54) is 12.0 Å². The molecule has 1 N–H and O–H groups in total. The number of nitrogens with zero attached hydrogens (tertiary/aromatic N) is 2. The van der Waals surface area contributed by atoms with Gasteiger partial charge in [0.15, 0.2) is 0 Å². The highest BCUT2D eigenvalue weighted by atomic mass is 14.9. The lowest BCUT2D eigenvalue weighted by atomic mass is 9.98. The van der Waals surface area contributed by atoms with Gasteiger partial charge in [0.2, 0.25) is 0 Å². The lowest BCUT2D eigenvalue weighted by Crippen LogP contribution is -2.25. The van der Waals surface area contributed by atoms with Gasteiger partial charge in [-0.3, -0.25) is 9.98 Å². The summed E-state index contributed by atoms with van der Waals surface area (Å²) in [6.07, 6.45) is 5.23. The van der Waals surface area contributed by atoms with Crippen LogP contribution < -0.4 is 5.32 Å². The van der Waals surface area contributed by atoms with Crippen LogP contribution in [-0.4, -0.2) is 31.1 Å². The van der Waals surface area contributed by atoms with Gasteiger partial charge >= 0.3 is 0 Å². The monoisotopic (exact) mass is 271 g/mol. The molecule has 2 rings (SSSR count). The van der Waals surface area contributed by atoms with Crippen LogP contribution in [0.4, 0.5) is 0 Å². The number of hydrogen-bond acceptors (Lipinski definition) is 3. The summed E-state index contributed by atoms with van der Waals surface area (Å²) in [4.78, 5) is 9.40. The Balaban J connectivity index is 1.88. The zero-order chi connectivity index (χ0) is 14.2. The Hall–Kier alpha value is -1.48. The molecule has 1 aromatic rings. The average Bonchev–Trinajstić information content (AvgIpc) is 2.49. The van der Waals surface area contributed by atoms with Crippen molar-refractivity contribution in [2.75, 3.05) is 13.1 Å². The van der Waals surface area contributed by atoms with Crippen molar-refractivity contribution in [3.05, 3.63) is 35.9 Å². The van der Waals surface area contributed by atoms with Gasteiger partial charge in [0, 0.05) is 12.8 Å². The Morgan fingerprint density at radius 1 is 1.35 bits per heavy atom. The fraction of sp³-hybridized carbons (Fsp3) is 0.529. The molecule has 3 nitrogen and oxygen atoms in total. The van der Waals surface area contributed by atoms with E-state index in [1.54, 1.807) is 0 Å². The summed E-state index contributed by atoms with van der Waals surface area (Å²) in [6, 6.07) is 11.2. The summed E-state index contributed by atoms with van der Waals surface area (Å²) in [7, 11) is 0. The Bertz CT molecular complexity index is 451. The highest BCUT2D eigenvalue weighted by molar-refractivity contribution is 6.31. The summed E-state index contributed by atoms with van der Waals surface area (Å²) in [6.45, 7) is 6.36. The van der Waals surface area contributed by atoms with Crippen LogP contribution in [0, 0.1) is 0 Å². The quantitative estimate of drug-likeness (QED) is 0.791. The highest BCUT2D eigenvalue weighted by Gasteiger charge is 2.15. The van der Waals surface area contributed by atoms with Gasteiger partial charge < -0.3 is 5.32 Å². The van der Waals surface area contributed by atoms with E-state index in [4.69, 9.17) is 4.99 Å². The van der Waals surface area contributed by atoms with Crippen LogP contribution in [0.5, 0.6) is 0 Å². The lowest BCUT2D eigenvalue weighted by Gasteiger charge is -2.18. The molecule has 0 radical (unpaired) electrons. The molecular formula is C17H25N3. The van der Waals surface area contributed by atoms with Crippen LogP contribution in [0.15, 0.2) is 40.3 Å². The van der Waals surface area contributed by atoms with Crippen molar-refractivity contribution in [3.8, 4) is 0 Å². The molecule has 1 aliphatic rings. The molecule has 2 atom stereocenters. The summed E-state index contributed by atoms with van der Waals surface area (Å²) in [5.74, 6) is 0. The molecule has 3 heteroatoms. The van der Waals surface area contributed by atoms with Crippen LogP contribution in [0.3, 0.4) is 0 Å². The Morgan fingerprint density at radius 2 is 2.15 bits per heavy atom. The summed E-state index contributed by atoms with van der Waals surface area (Å²) < 4.78 is 0. The van der Waals surface area contributed by atoms with Gasteiger partial charge in [0.05, 0.1) is 17.8 Å². The van der Waals surface area contributed by atoms with Crippen molar-refractivity contribution in [1.82, 2.24) is 5.32 Å². The molecule has 1 aromatic carbocycles. The molecule has 0 bridgehead atoms. The van der Waals surface area contributed by atoms with Crippen molar-refractivity contribution < 1.29 is 0 Å². The molecule has 0 fully saturated rings. The molecule has 0 amide bonds. The van der Waals surface area contributed by atoms with Crippen molar-refractivity contribution in [2.45, 2.75) is 45.2 Å². The molecule has 0 spiro atoms. The second-order valence-electron chi connectivity index (χ2n) is 5.42. The largest absolute Gasteiger partial charge is 0.315 e. The first-order chi connectivity index (χ1) is 9.79. The van der Waals surface area contributed by atoms with Crippen LogP contribution >= 0.6 is 0 Å². The molecule has 1 heterocycles. The van der Waals surface area contributed by atoms with Gasteiger partial charge in [-0.25, -0.2) is 0 Å². The third-order valence-corrected chi connectivity index (χ3v) is 3.51. The van der Waals surface area contributed by atoms with E-state index in [2.05, 4.69) is 48.4 Å². The molecule has 0 aromatic heterocycles. The molecule has 2 unspecified atom stereocenters. The fourth-order valence-corrected chi connectivity index (χ4v) is 2.44. The first kappa shape index (κ1) is 14.9. The summed E-state index contributed by atoms with van der Waals surface area (Å²) in [5.41, 5.74) is 2.45. The average molecular weight is 271 g/mol. The van der Waals surface area contributed by atoms with E-state index >= 15 is 0 Å². The maximum absolute atomic E-state index is 4.74. The lowest BCUT2D eigenvalue weighted by molar-refractivity contribution is 0.601. The fourth-order valence-electron chi connectivity index (χ4n) is 2.44. The SMILES string of the molecule is CCCNCC(C)N=C1C=NC(c2ccccc2)CC1. The smallest absolute Gasteiger partial charge is 0.0753 e. The Labute approximate surface area is 122 Å². The van der Waals surface area contributed by atoms with E-state index < -0.39 is 0 Å². The molecule has 0 saturated heterocycles. The normalized spacial score (nSPS) is 22.1. The molecule has 20 heavy (non-hydrogen) atoms. The second-order valence-corrected chi connectivity index (χ2v) is 5.42. The van der Waals surface area contributed by atoms with Crippen LogP contribution in [0.2, 0.25) is 0 Å². The highest BCUT2D eigenvalue weighted by Crippen LogP contribution is 2.25. The van der Waals surface area contributed by atoms with Crippen LogP contribution in [0.1, 0.15) is 44.7 Å². The van der Waals surface area contributed by atoms with Gasteiger partial charge in [-0.15, -0.1) is 0 Å². The van der Waals surface area contributed by atoms with Gasteiger partial charge in [-0.05, 0) is 38.3 Å². The predicted octanol–water partition coefficient (Wildman–Crippen LogP) is 3.42. The van der Waals surface area contributed by atoms with E-state index in [0.29, 0.717) is 12.1 Å². The number of aliphatic imine (C=N–C) groups is 2. The van der Waals surface area contributed by atoms with Crippen molar-refractivity contribution >= 4 is 11.9 Å². The van der Waals surface area contributed by atoms with Gasteiger partial charge in [0.1, 0.15) is 0 Å². The Kier molecular flexibility index (Phi) is 5.93. The van der Waals surface area contributed by atoms with Crippen LogP contribution in [0.25, 0.3) is 0 Å². The zero-order valence-electron chi connectivity index (χ0n) is 12.5. The van der Waals surface area contributed by atoms with Crippen molar-refractivity contribution in [1.29, 1.82) is 0 Å². The molecule has 108 valence electrons. The second kappa shape index (κ2) is 7.95. The first-order valence-electron chi connectivity index (χ1n) is 7.65. The molecule has 0 aliphatic carbocycles. The van der Waals surface area contributed by atoms with Gasteiger partial charge in [-0.2, -0.15) is 0 Å². The van der Waals surface area contributed by atoms with Crippen molar-refractivity contribution in [2.24, 2.45) is 9.98 Å². The van der Waals surface area contributed by atoms with Crippen LogP contribution in [-0.2, 0) is 0 Å².